The van der Waals surface area contributed by atoms with Gasteiger partial charge in [0.25, 0.3) is 5.91 Å². The summed E-state index contributed by atoms with van der Waals surface area (Å²) in [6.45, 7) is 0. The van der Waals surface area contributed by atoms with E-state index >= 15 is 0 Å². The zero-order chi connectivity index (χ0) is 9.42. The number of fused-ring (bicyclic) bond motifs is 1. The van der Waals surface area contributed by atoms with E-state index < -0.39 is 12.0 Å². The summed E-state index contributed by atoms with van der Waals surface area (Å²) in [6.07, 6.45) is 0.992. The molecule has 7 nitrogen and oxygen atoms in total. The van der Waals surface area contributed by atoms with E-state index in [2.05, 4.69) is 15.4 Å². The Morgan fingerprint density at radius 1 is 1.77 bits per heavy atom. The molecule has 1 aliphatic heterocycles. The first-order chi connectivity index (χ1) is 6.18. The summed E-state index contributed by atoms with van der Waals surface area (Å²) >= 11 is 0. The Bertz CT molecular complexity index is 372. The van der Waals surface area contributed by atoms with Crippen LogP contribution in [0.2, 0.25) is 0 Å². The van der Waals surface area contributed by atoms with Crippen molar-refractivity contribution in [3.63, 3.8) is 0 Å². The Hall–Kier alpha value is -1.92. The number of aliphatic carboxylic acids is 1. The van der Waals surface area contributed by atoms with E-state index in [-0.39, 0.29) is 12.3 Å². The number of rotatable bonds is 2. The minimum atomic E-state index is -1.04. The Balaban J connectivity index is 2.29. The number of carbonyl (C=O) groups is 2. The quantitative estimate of drug-likeness (QED) is 0.626. The van der Waals surface area contributed by atoms with Crippen LogP contribution in [0.5, 0.6) is 0 Å². The number of nitrogens with zero attached hydrogens (tertiary/aromatic N) is 3. The molecule has 0 fully saturated rings. The first-order valence-electron chi connectivity index (χ1n) is 3.60. The van der Waals surface area contributed by atoms with Gasteiger partial charge in [0.15, 0.2) is 0 Å². The maximum absolute atomic E-state index is 11.2. The molecule has 2 N–H and O–H groups in total. The molecule has 68 valence electrons. The molecule has 0 aliphatic carbocycles. The van der Waals surface area contributed by atoms with Crippen LogP contribution in [0.25, 0.3) is 0 Å². The second-order valence-corrected chi connectivity index (χ2v) is 2.63. The van der Waals surface area contributed by atoms with E-state index in [1.54, 1.807) is 0 Å². The fourth-order valence-electron chi connectivity index (χ4n) is 1.22. The van der Waals surface area contributed by atoms with Crippen molar-refractivity contribution >= 4 is 17.8 Å². The summed E-state index contributed by atoms with van der Waals surface area (Å²) < 4.78 is 1.27. The van der Waals surface area contributed by atoms with Crippen molar-refractivity contribution in [1.29, 1.82) is 0 Å². The molecule has 2 heterocycles. The van der Waals surface area contributed by atoms with Crippen LogP contribution in [0.4, 0.5) is 5.95 Å². The second kappa shape index (κ2) is 2.54. The van der Waals surface area contributed by atoms with Crippen molar-refractivity contribution in [1.82, 2.24) is 14.8 Å². The molecule has 1 atom stereocenters. The number of aromatic nitrogens is 3. The van der Waals surface area contributed by atoms with Gasteiger partial charge in [0.1, 0.15) is 12.4 Å². The molecule has 1 aromatic rings. The molecule has 1 aliphatic rings. The summed E-state index contributed by atoms with van der Waals surface area (Å²) in [5.74, 6) is -1.11. The van der Waals surface area contributed by atoms with Gasteiger partial charge in [-0.15, -0.1) is 0 Å². The lowest BCUT2D eigenvalue weighted by Gasteiger charge is -2.03. The molecule has 0 radical (unpaired) electrons. The molecule has 0 bridgehead atoms. The molecule has 0 saturated heterocycles. The van der Waals surface area contributed by atoms with Gasteiger partial charge in [-0.2, -0.15) is 10.1 Å². The van der Waals surface area contributed by atoms with E-state index in [1.165, 1.54) is 11.0 Å². The van der Waals surface area contributed by atoms with E-state index in [4.69, 9.17) is 5.11 Å². The first kappa shape index (κ1) is 7.71. The lowest BCUT2D eigenvalue weighted by atomic mass is 10.2. The van der Waals surface area contributed by atoms with Crippen LogP contribution in [0, 0.1) is 0 Å². The van der Waals surface area contributed by atoms with Crippen molar-refractivity contribution in [3.05, 3.63) is 6.33 Å². The number of amides is 1. The van der Waals surface area contributed by atoms with E-state index in [0.717, 1.165) is 0 Å². The molecule has 2 rings (SSSR count). The minimum absolute atomic E-state index is 0.276. The smallest absolute Gasteiger partial charge is 0.306 e. The van der Waals surface area contributed by atoms with E-state index in [9.17, 15) is 9.59 Å². The van der Waals surface area contributed by atoms with Gasteiger partial charge >= 0.3 is 5.97 Å². The molecular formula is C6H6N4O3. The summed E-state index contributed by atoms with van der Waals surface area (Å²) in [6, 6.07) is -0.769. The number of hydrogen-bond acceptors (Lipinski definition) is 4. The Morgan fingerprint density at radius 3 is 3.23 bits per heavy atom. The standard InChI is InChI=1S/C6H6N4O3/c11-4(12)1-3-5(13)9-6-7-2-8-10(3)6/h2-3H,1H2,(H,11,12)(H,7,8,9,13). The van der Waals surface area contributed by atoms with Crippen LogP contribution in [-0.4, -0.2) is 31.7 Å². The second-order valence-electron chi connectivity index (χ2n) is 2.63. The lowest BCUT2D eigenvalue weighted by Crippen LogP contribution is -2.19. The van der Waals surface area contributed by atoms with Gasteiger partial charge in [-0.05, 0) is 0 Å². The Morgan fingerprint density at radius 2 is 2.54 bits per heavy atom. The monoisotopic (exact) mass is 182 g/mol. The van der Waals surface area contributed by atoms with Gasteiger partial charge in [-0.25, -0.2) is 4.68 Å². The summed E-state index contributed by atoms with van der Waals surface area (Å²) in [5.41, 5.74) is 0. The number of carbonyl (C=O) groups excluding carboxylic acids is 1. The maximum Gasteiger partial charge on any atom is 0.306 e. The molecule has 0 spiro atoms. The fourth-order valence-corrected chi connectivity index (χ4v) is 1.22. The number of carboxylic acid groups (broad SMARTS) is 1. The predicted molar refractivity (Wildman–Crippen MR) is 39.9 cm³/mol. The van der Waals surface area contributed by atoms with Crippen molar-refractivity contribution in [2.45, 2.75) is 12.5 Å². The van der Waals surface area contributed by atoms with Gasteiger partial charge in [0.05, 0.1) is 6.42 Å². The van der Waals surface area contributed by atoms with E-state index in [1.807, 2.05) is 0 Å². The molecule has 13 heavy (non-hydrogen) atoms. The number of carboxylic acids is 1. The molecule has 1 aromatic heterocycles. The molecule has 7 heteroatoms. The van der Waals surface area contributed by atoms with Crippen molar-refractivity contribution in [2.75, 3.05) is 5.32 Å². The largest absolute Gasteiger partial charge is 0.481 e. The van der Waals surface area contributed by atoms with Crippen LogP contribution >= 0.6 is 0 Å². The Labute approximate surface area is 72.4 Å². The summed E-state index contributed by atoms with van der Waals surface area (Å²) in [4.78, 5) is 25.3. The highest BCUT2D eigenvalue weighted by molar-refractivity contribution is 5.97. The predicted octanol–water partition coefficient (Wildman–Crippen LogP) is -0.754. The lowest BCUT2D eigenvalue weighted by molar-refractivity contribution is -0.139. The van der Waals surface area contributed by atoms with Gasteiger partial charge < -0.3 is 5.11 Å². The summed E-state index contributed by atoms with van der Waals surface area (Å²) in [5, 5.41) is 14.7. The topological polar surface area (TPSA) is 97.1 Å². The van der Waals surface area contributed by atoms with Gasteiger partial charge in [0.2, 0.25) is 5.95 Å². The molecule has 1 amide bonds. The third-order valence-corrected chi connectivity index (χ3v) is 1.77. The van der Waals surface area contributed by atoms with Crippen LogP contribution < -0.4 is 5.32 Å². The van der Waals surface area contributed by atoms with Crippen LogP contribution in [0.3, 0.4) is 0 Å². The van der Waals surface area contributed by atoms with Crippen molar-refractivity contribution < 1.29 is 14.7 Å². The highest BCUT2D eigenvalue weighted by Gasteiger charge is 2.33. The minimum Gasteiger partial charge on any atom is -0.481 e. The normalized spacial score (nSPS) is 19.7. The average Bonchev–Trinajstić information content (AvgIpc) is 2.55. The van der Waals surface area contributed by atoms with E-state index in [0.29, 0.717) is 5.95 Å². The SMILES string of the molecule is O=C(O)CC1C(=O)Nc2ncnn21. The third kappa shape index (κ3) is 1.13. The Kier molecular flexibility index (Phi) is 1.51. The first-order valence-corrected chi connectivity index (χ1v) is 3.60. The molecule has 0 saturated carbocycles. The highest BCUT2D eigenvalue weighted by atomic mass is 16.4. The van der Waals surface area contributed by atoms with Gasteiger partial charge in [-0.1, -0.05) is 0 Å². The van der Waals surface area contributed by atoms with Gasteiger partial charge in [0, 0.05) is 0 Å². The average molecular weight is 182 g/mol. The fraction of sp³-hybridized carbons (Fsp3) is 0.333. The maximum atomic E-state index is 11.2. The number of hydrogen-bond donors (Lipinski definition) is 2. The number of nitrogens with one attached hydrogen (secondary N) is 1. The zero-order valence-corrected chi connectivity index (χ0v) is 6.47. The van der Waals surface area contributed by atoms with Gasteiger partial charge in [-0.3, -0.25) is 14.9 Å². The number of anilines is 1. The van der Waals surface area contributed by atoms with Crippen molar-refractivity contribution in [2.24, 2.45) is 0 Å². The summed E-state index contributed by atoms with van der Waals surface area (Å²) in [7, 11) is 0. The molecule has 0 aromatic carbocycles. The zero-order valence-electron chi connectivity index (χ0n) is 6.47. The van der Waals surface area contributed by atoms with Crippen molar-refractivity contribution in [3.8, 4) is 0 Å². The molecule has 1 unspecified atom stereocenters. The van der Waals surface area contributed by atoms with Crippen LogP contribution in [-0.2, 0) is 9.59 Å². The van der Waals surface area contributed by atoms with Crippen LogP contribution in [0.1, 0.15) is 12.5 Å². The van der Waals surface area contributed by atoms with Crippen LogP contribution in [0.15, 0.2) is 6.33 Å². The third-order valence-electron chi connectivity index (χ3n) is 1.77. The highest BCUT2D eigenvalue weighted by Crippen LogP contribution is 2.23. The molecular weight excluding hydrogens is 176 g/mol.